The van der Waals surface area contributed by atoms with Crippen LogP contribution in [0.4, 0.5) is 0 Å². The summed E-state index contributed by atoms with van der Waals surface area (Å²) in [5.74, 6) is -0.873. The molecule has 1 atom stereocenters. The van der Waals surface area contributed by atoms with Crippen LogP contribution >= 0.6 is 0 Å². The Hall–Kier alpha value is -2.63. The first-order valence-corrected chi connectivity index (χ1v) is 30.1. The lowest BCUT2D eigenvalue weighted by Gasteiger charge is -2.18. The van der Waals surface area contributed by atoms with Crippen molar-refractivity contribution >= 4 is 17.9 Å². The van der Waals surface area contributed by atoms with E-state index in [-0.39, 0.29) is 31.1 Å². The van der Waals surface area contributed by atoms with E-state index in [4.69, 9.17) is 14.2 Å². The van der Waals surface area contributed by atoms with Crippen LogP contribution in [0.2, 0.25) is 0 Å². The van der Waals surface area contributed by atoms with Gasteiger partial charge in [-0.25, -0.2) is 0 Å². The summed E-state index contributed by atoms with van der Waals surface area (Å²) in [6, 6.07) is 0. The van der Waals surface area contributed by atoms with Crippen molar-refractivity contribution in [3.63, 3.8) is 0 Å². The molecular formula is C63H114O6. The summed E-state index contributed by atoms with van der Waals surface area (Å²) >= 11 is 0. The Kier molecular flexibility index (Phi) is 55.7. The largest absolute Gasteiger partial charge is 0.462 e. The molecular weight excluding hydrogens is 853 g/mol. The molecule has 0 aliphatic heterocycles. The van der Waals surface area contributed by atoms with E-state index in [1.54, 1.807) is 0 Å². The monoisotopic (exact) mass is 967 g/mol. The Labute approximate surface area is 428 Å². The topological polar surface area (TPSA) is 78.9 Å². The van der Waals surface area contributed by atoms with E-state index in [0.29, 0.717) is 19.3 Å². The molecule has 0 saturated heterocycles. The lowest BCUT2D eigenvalue weighted by atomic mass is 10.0. The maximum Gasteiger partial charge on any atom is 0.306 e. The molecule has 0 N–H and O–H groups in total. The first-order valence-electron chi connectivity index (χ1n) is 30.1. The molecule has 0 aromatic carbocycles. The van der Waals surface area contributed by atoms with Gasteiger partial charge < -0.3 is 14.2 Å². The van der Waals surface area contributed by atoms with Gasteiger partial charge in [0.15, 0.2) is 6.10 Å². The third-order valence-corrected chi connectivity index (χ3v) is 13.3. The van der Waals surface area contributed by atoms with Crippen LogP contribution in [0.25, 0.3) is 0 Å². The normalized spacial score (nSPS) is 12.3. The van der Waals surface area contributed by atoms with Crippen LogP contribution in [0.3, 0.4) is 0 Å². The van der Waals surface area contributed by atoms with Gasteiger partial charge in [-0.1, -0.05) is 268 Å². The average Bonchev–Trinajstić information content (AvgIpc) is 3.35. The zero-order valence-electron chi connectivity index (χ0n) is 46.1. The number of carbonyl (C=O) groups is 3. The van der Waals surface area contributed by atoms with Gasteiger partial charge in [0.25, 0.3) is 0 Å². The summed E-state index contributed by atoms with van der Waals surface area (Å²) in [4.78, 5) is 37.9. The molecule has 402 valence electrons. The second kappa shape index (κ2) is 57.9. The summed E-state index contributed by atoms with van der Waals surface area (Å²) in [5, 5.41) is 0. The van der Waals surface area contributed by atoms with Gasteiger partial charge >= 0.3 is 17.9 Å². The van der Waals surface area contributed by atoms with E-state index < -0.39 is 6.10 Å². The molecule has 6 nitrogen and oxygen atoms in total. The Balaban J connectivity index is 4.02. The molecule has 0 fully saturated rings. The van der Waals surface area contributed by atoms with Crippen molar-refractivity contribution in [2.75, 3.05) is 13.2 Å². The maximum absolute atomic E-state index is 12.8. The summed E-state index contributed by atoms with van der Waals surface area (Å²) in [5.41, 5.74) is 0. The molecule has 0 radical (unpaired) electrons. The first-order chi connectivity index (χ1) is 34.0. The van der Waals surface area contributed by atoms with Crippen molar-refractivity contribution in [2.45, 2.75) is 322 Å². The Morgan fingerprint density at radius 2 is 0.551 bits per heavy atom. The van der Waals surface area contributed by atoms with Crippen molar-refractivity contribution in [2.24, 2.45) is 0 Å². The van der Waals surface area contributed by atoms with Gasteiger partial charge in [-0.3, -0.25) is 14.4 Å². The highest BCUT2D eigenvalue weighted by molar-refractivity contribution is 5.71. The minimum absolute atomic E-state index is 0.0727. The summed E-state index contributed by atoms with van der Waals surface area (Å²) in [6.45, 7) is 6.57. The minimum atomic E-state index is -0.772. The van der Waals surface area contributed by atoms with E-state index in [1.807, 2.05) is 0 Å². The Bertz CT molecular complexity index is 1200. The predicted molar refractivity (Wildman–Crippen MR) is 298 cm³/mol. The minimum Gasteiger partial charge on any atom is -0.462 e. The van der Waals surface area contributed by atoms with Crippen molar-refractivity contribution < 1.29 is 28.6 Å². The molecule has 1 unspecified atom stereocenters. The van der Waals surface area contributed by atoms with Crippen LogP contribution in [-0.2, 0) is 28.6 Å². The molecule has 0 aromatic rings. The molecule has 0 aliphatic rings. The lowest BCUT2D eigenvalue weighted by molar-refractivity contribution is -0.167. The molecule has 0 aromatic heterocycles. The van der Waals surface area contributed by atoms with Crippen molar-refractivity contribution in [3.05, 3.63) is 48.6 Å². The van der Waals surface area contributed by atoms with E-state index in [1.165, 1.54) is 186 Å². The van der Waals surface area contributed by atoms with Crippen LogP contribution < -0.4 is 0 Å². The molecule has 0 aliphatic carbocycles. The van der Waals surface area contributed by atoms with Crippen LogP contribution in [0.1, 0.15) is 316 Å². The van der Waals surface area contributed by atoms with E-state index in [0.717, 1.165) is 89.9 Å². The molecule has 0 amide bonds. The Morgan fingerprint density at radius 3 is 0.884 bits per heavy atom. The van der Waals surface area contributed by atoms with Crippen LogP contribution in [0, 0.1) is 0 Å². The molecule has 0 saturated carbocycles. The molecule has 0 spiro atoms. The quantitative estimate of drug-likeness (QED) is 0.0262. The molecule has 0 rings (SSSR count). The Morgan fingerprint density at radius 1 is 0.290 bits per heavy atom. The lowest BCUT2D eigenvalue weighted by Crippen LogP contribution is -2.30. The number of unbranched alkanes of at least 4 members (excludes halogenated alkanes) is 36. The number of carbonyl (C=O) groups excluding carboxylic acids is 3. The number of hydrogen-bond acceptors (Lipinski definition) is 6. The number of esters is 3. The second-order valence-corrected chi connectivity index (χ2v) is 20.3. The highest BCUT2D eigenvalue weighted by Crippen LogP contribution is 2.17. The van der Waals surface area contributed by atoms with Gasteiger partial charge in [0.05, 0.1) is 0 Å². The van der Waals surface area contributed by atoms with E-state index in [9.17, 15) is 14.4 Å². The average molecular weight is 968 g/mol. The smallest absolute Gasteiger partial charge is 0.306 e. The third kappa shape index (κ3) is 56.2. The van der Waals surface area contributed by atoms with Crippen LogP contribution in [0.5, 0.6) is 0 Å². The van der Waals surface area contributed by atoms with Crippen molar-refractivity contribution in [1.82, 2.24) is 0 Å². The van der Waals surface area contributed by atoms with Gasteiger partial charge in [0.2, 0.25) is 0 Å². The molecule has 0 heterocycles. The fourth-order valence-corrected chi connectivity index (χ4v) is 8.75. The van der Waals surface area contributed by atoms with Gasteiger partial charge in [0.1, 0.15) is 13.2 Å². The zero-order valence-corrected chi connectivity index (χ0v) is 46.1. The third-order valence-electron chi connectivity index (χ3n) is 13.3. The van der Waals surface area contributed by atoms with Gasteiger partial charge in [-0.05, 0) is 77.0 Å². The first kappa shape index (κ1) is 66.4. The highest BCUT2D eigenvalue weighted by atomic mass is 16.6. The van der Waals surface area contributed by atoms with Gasteiger partial charge in [0, 0.05) is 19.3 Å². The van der Waals surface area contributed by atoms with E-state index in [2.05, 4.69) is 69.4 Å². The SMILES string of the molecule is CCC/C=C\CCCCCCCC(=O)OC(COC(=O)CCCCCCCCCCCC)COC(=O)CCCCCCCCCCCCCCCCCC/C=C\C/C=C\C/C=C\CCCCCCC. The number of rotatable bonds is 55. The maximum atomic E-state index is 12.8. The van der Waals surface area contributed by atoms with Gasteiger partial charge in [-0.15, -0.1) is 0 Å². The predicted octanol–water partition coefficient (Wildman–Crippen LogP) is 20.2. The van der Waals surface area contributed by atoms with Gasteiger partial charge in [-0.2, -0.15) is 0 Å². The summed E-state index contributed by atoms with van der Waals surface area (Å²) < 4.78 is 16.8. The van der Waals surface area contributed by atoms with Crippen LogP contribution in [0.15, 0.2) is 48.6 Å². The fraction of sp³-hybridized carbons (Fsp3) is 0.825. The second-order valence-electron chi connectivity index (χ2n) is 20.3. The summed E-state index contributed by atoms with van der Waals surface area (Å²) in [7, 11) is 0. The highest BCUT2D eigenvalue weighted by Gasteiger charge is 2.19. The van der Waals surface area contributed by atoms with Crippen molar-refractivity contribution in [1.29, 1.82) is 0 Å². The molecule has 0 bridgehead atoms. The summed E-state index contributed by atoms with van der Waals surface area (Å²) in [6.07, 6.45) is 71.4. The standard InChI is InChI=1S/C63H114O6/c1-4-7-10-13-16-19-22-23-24-25-26-27-28-29-30-31-32-33-34-35-36-37-38-39-40-41-42-45-47-50-53-56-62(65)68-59-60(69-63(66)57-54-51-48-44-21-18-15-12-9-6-3)58-67-61(64)55-52-49-46-43-20-17-14-11-8-5-2/h12,15,22-23,25-26,28-29,60H,4-11,13-14,16-21,24,27,30-59H2,1-3H3/b15-12-,23-22-,26-25-,29-28-. The van der Waals surface area contributed by atoms with E-state index >= 15 is 0 Å². The fourth-order valence-electron chi connectivity index (χ4n) is 8.75. The number of hydrogen-bond donors (Lipinski definition) is 0. The molecule has 69 heavy (non-hydrogen) atoms. The van der Waals surface area contributed by atoms with Crippen molar-refractivity contribution in [3.8, 4) is 0 Å². The zero-order chi connectivity index (χ0) is 50.0. The number of ether oxygens (including phenoxy) is 3. The van der Waals surface area contributed by atoms with Crippen LogP contribution in [-0.4, -0.2) is 37.2 Å². The number of allylic oxidation sites excluding steroid dienone is 8. The molecule has 6 heteroatoms.